The molecule has 0 saturated carbocycles. The van der Waals surface area contributed by atoms with Crippen LogP contribution in [-0.4, -0.2) is 32.8 Å². The second-order valence-electron chi connectivity index (χ2n) is 5.38. The van der Waals surface area contributed by atoms with Crippen LogP contribution < -0.4 is 4.72 Å². The maximum Gasteiger partial charge on any atom is 0.240 e. The molecule has 0 fully saturated rings. The normalized spacial score (nSPS) is 11.0. The van der Waals surface area contributed by atoms with Crippen molar-refractivity contribution in [2.24, 2.45) is 0 Å². The summed E-state index contributed by atoms with van der Waals surface area (Å²) >= 11 is 0. The second-order valence-corrected chi connectivity index (χ2v) is 7.27. The molecule has 0 radical (unpaired) electrons. The lowest BCUT2D eigenvalue weighted by Crippen LogP contribution is -2.31. The molecule has 0 atom stereocenters. The van der Waals surface area contributed by atoms with E-state index in [-0.39, 0.29) is 23.8 Å². The molecule has 0 unspecified atom stereocenters. The van der Waals surface area contributed by atoms with Crippen LogP contribution in [0, 0.1) is 12.3 Å². The van der Waals surface area contributed by atoms with E-state index in [1.54, 1.807) is 35.4 Å². The van der Waals surface area contributed by atoms with Gasteiger partial charge in [-0.3, -0.25) is 4.79 Å². The predicted molar refractivity (Wildman–Crippen MR) is 94.0 cm³/mol. The fraction of sp³-hybridized carbons (Fsp3) is 0.278. The maximum absolute atomic E-state index is 12.4. The highest BCUT2D eigenvalue weighted by Gasteiger charge is 2.15. The number of amides is 1. The van der Waals surface area contributed by atoms with Gasteiger partial charge in [-0.2, -0.15) is 0 Å². The van der Waals surface area contributed by atoms with Gasteiger partial charge in [-0.1, -0.05) is 18.1 Å². The Hall–Kier alpha value is -2.56. The molecule has 7 heteroatoms. The Bertz CT molecular complexity index is 834. The molecule has 0 aliphatic carbocycles. The van der Waals surface area contributed by atoms with Gasteiger partial charge in [0, 0.05) is 6.42 Å². The van der Waals surface area contributed by atoms with Crippen LogP contribution >= 0.6 is 0 Å². The number of hydrogen-bond acceptors (Lipinski definition) is 4. The van der Waals surface area contributed by atoms with Crippen LogP contribution in [0.25, 0.3) is 0 Å². The zero-order valence-electron chi connectivity index (χ0n) is 13.9. The molecule has 0 aliphatic heterocycles. The van der Waals surface area contributed by atoms with Crippen LogP contribution in [0.5, 0.6) is 0 Å². The van der Waals surface area contributed by atoms with E-state index in [0.29, 0.717) is 18.7 Å². The van der Waals surface area contributed by atoms with E-state index in [0.717, 1.165) is 5.56 Å². The number of nitrogens with zero attached hydrogens (tertiary/aromatic N) is 1. The quantitative estimate of drug-likeness (QED) is 0.728. The van der Waals surface area contributed by atoms with Crippen molar-refractivity contribution in [1.82, 2.24) is 9.62 Å². The lowest BCUT2D eigenvalue weighted by molar-refractivity contribution is -0.131. The molecule has 132 valence electrons. The Morgan fingerprint density at radius 2 is 2.00 bits per heavy atom. The number of aryl methyl sites for hydroxylation is 1. The number of carbonyl (C=O) groups excluding carboxylic acids is 1. The minimum Gasteiger partial charge on any atom is -0.467 e. The standard InChI is InChI=1S/C18H20N2O4S/c1-3-12-20(14-16-5-4-13-24-16)18(21)11-8-15-6-9-17(10-7-15)25(22,23)19-2/h1,4-7,9-10,13,19H,8,11-12,14H2,2H3. The van der Waals surface area contributed by atoms with E-state index in [2.05, 4.69) is 10.6 Å². The van der Waals surface area contributed by atoms with Gasteiger partial charge in [-0.05, 0) is 43.3 Å². The zero-order valence-corrected chi connectivity index (χ0v) is 14.8. The minimum atomic E-state index is -3.45. The SMILES string of the molecule is C#CCN(Cc1ccco1)C(=O)CCc1ccc(S(=O)(=O)NC)cc1. The van der Waals surface area contributed by atoms with E-state index in [1.807, 2.05) is 0 Å². The molecule has 0 spiro atoms. The first-order chi connectivity index (χ1) is 12.0. The van der Waals surface area contributed by atoms with Crippen molar-refractivity contribution >= 4 is 15.9 Å². The minimum absolute atomic E-state index is 0.0822. The van der Waals surface area contributed by atoms with Crippen molar-refractivity contribution in [3.8, 4) is 12.3 Å². The van der Waals surface area contributed by atoms with Crippen molar-refractivity contribution in [3.63, 3.8) is 0 Å². The molecule has 2 aromatic rings. The number of nitrogens with one attached hydrogen (secondary N) is 1. The fourth-order valence-corrected chi connectivity index (χ4v) is 3.03. The van der Waals surface area contributed by atoms with Gasteiger partial charge in [0.15, 0.2) is 0 Å². The smallest absolute Gasteiger partial charge is 0.240 e. The number of carbonyl (C=O) groups is 1. The zero-order chi connectivity index (χ0) is 18.3. The second kappa shape index (κ2) is 8.51. The van der Waals surface area contributed by atoms with Crippen LogP contribution in [0.15, 0.2) is 52.0 Å². The summed E-state index contributed by atoms with van der Waals surface area (Å²) in [6.45, 7) is 0.536. The van der Waals surface area contributed by atoms with Gasteiger partial charge < -0.3 is 9.32 Å². The van der Waals surface area contributed by atoms with Gasteiger partial charge in [0.2, 0.25) is 15.9 Å². The molecule has 0 aliphatic rings. The summed E-state index contributed by atoms with van der Waals surface area (Å²) in [6, 6.07) is 10.00. The van der Waals surface area contributed by atoms with Gasteiger partial charge in [-0.15, -0.1) is 6.42 Å². The Balaban J connectivity index is 1.96. The van der Waals surface area contributed by atoms with Crippen LogP contribution in [0.3, 0.4) is 0 Å². The summed E-state index contributed by atoms with van der Waals surface area (Å²) in [5, 5.41) is 0. The highest BCUT2D eigenvalue weighted by atomic mass is 32.2. The highest BCUT2D eigenvalue weighted by Crippen LogP contribution is 2.13. The number of hydrogen-bond donors (Lipinski definition) is 1. The van der Waals surface area contributed by atoms with Crippen LogP contribution in [0.4, 0.5) is 0 Å². The largest absolute Gasteiger partial charge is 0.467 e. The third kappa shape index (κ3) is 5.21. The highest BCUT2D eigenvalue weighted by molar-refractivity contribution is 7.89. The molecule has 2 rings (SSSR count). The van der Waals surface area contributed by atoms with Gasteiger partial charge >= 0.3 is 0 Å². The number of terminal acetylenes is 1. The molecule has 6 nitrogen and oxygen atoms in total. The summed E-state index contributed by atoms with van der Waals surface area (Å²) in [5.41, 5.74) is 0.877. The Morgan fingerprint density at radius 1 is 1.28 bits per heavy atom. The Morgan fingerprint density at radius 3 is 2.56 bits per heavy atom. The average molecular weight is 360 g/mol. The molecule has 0 bridgehead atoms. The van der Waals surface area contributed by atoms with Crippen molar-refractivity contribution < 1.29 is 17.6 Å². The van der Waals surface area contributed by atoms with Gasteiger partial charge in [0.05, 0.1) is 24.2 Å². The first kappa shape index (κ1) is 18.8. The molecule has 1 amide bonds. The maximum atomic E-state index is 12.4. The summed E-state index contributed by atoms with van der Waals surface area (Å²) < 4.78 is 30.9. The summed E-state index contributed by atoms with van der Waals surface area (Å²) in [7, 11) is -2.09. The van der Waals surface area contributed by atoms with Crippen LogP contribution in [0.1, 0.15) is 17.7 Å². The Labute approximate surface area is 147 Å². The average Bonchev–Trinajstić information content (AvgIpc) is 3.13. The van der Waals surface area contributed by atoms with Crippen molar-refractivity contribution in [1.29, 1.82) is 0 Å². The molecule has 1 N–H and O–H groups in total. The fourth-order valence-electron chi connectivity index (χ4n) is 2.30. The topological polar surface area (TPSA) is 79.6 Å². The van der Waals surface area contributed by atoms with Gasteiger partial charge in [0.25, 0.3) is 0 Å². The van der Waals surface area contributed by atoms with E-state index in [9.17, 15) is 13.2 Å². The van der Waals surface area contributed by atoms with E-state index >= 15 is 0 Å². The molecule has 1 aromatic carbocycles. The summed E-state index contributed by atoms with van der Waals surface area (Å²) in [5.74, 6) is 3.07. The molecule has 1 aromatic heterocycles. The molecule has 1 heterocycles. The summed E-state index contributed by atoms with van der Waals surface area (Å²) in [4.78, 5) is 14.1. The van der Waals surface area contributed by atoms with Crippen molar-refractivity contribution in [3.05, 3.63) is 54.0 Å². The Kier molecular flexibility index (Phi) is 6.39. The third-order valence-electron chi connectivity index (χ3n) is 3.69. The van der Waals surface area contributed by atoms with Crippen LogP contribution in [0.2, 0.25) is 0 Å². The number of sulfonamides is 1. The van der Waals surface area contributed by atoms with E-state index in [1.165, 1.54) is 19.2 Å². The number of benzene rings is 1. The van der Waals surface area contributed by atoms with Gasteiger partial charge in [-0.25, -0.2) is 13.1 Å². The number of rotatable bonds is 8. The number of furan rings is 1. The predicted octanol–water partition coefficient (Wildman–Crippen LogP) is 1.78. The first-order valence-electron chi connectivity index (χ1n) is 7.72. The molecule has 0 saturated heterocycles. The van der Waals surface area contributed by atoms with E-state index in [4.69, 9.17) is 10.8 Å². The van der Waals surface area contributed by atoms with Crippen molar-refractivity contribution in [2.45, 2.75) is 24.3 Å². The third-order valence-corrected chi connectivity index (χ3v) is 5.12. The monoisotopic (exact) mass is 360 g/mol. The molecule has 25 heavy (non-hydrogen) atoms. The first-order valence-corrected chi connectivity index (χ1v) is 9.20. The van der Waals surface area contributed by atoms with Crippen LogP contribution in [-0.2, 0) is 27.8 Å². The summed E-state index contributed by atoms with van der Waals surface area (Å²) in [6.07, 6.45) is 7.66. The lowest BCUT2D eigenvalue weighted by Gasteiger charge is -2.19. The van der Waals surface area contributed by atoms with Gasteiger partial charge in [0.1, 0.15) is 5.76 Å². The van der Waals surface area contributed by atoms with E-state index < -0.39 is 10.0 Å². The molecular weight excluding hydrogens is 340 g/mol. The lowest BCUT2D eigenvalue weighted by atomic mass is 10.1. The molecular formula is C18H20N2O4S. The van der Waals surface area contributed by atoms with Crippen molar-refractivity contribution in [2.75, 3.05) is 13.6 Å².